The normalized spacial score (nSPS) is 11.6. The minimum absolute atomic E-state index is 0.0109. The molecule has 0 saturated heterocycles. The molecule has 1 heterocycles. The van der Waals surface area contributed by atoms with Crippen LogP contribution in [0.5, 0.6) is 0 Å². The molecule has 0 radical (unpaired) electrons. The zero-order valence-electron chi connectivity index (χ0n) is 17.5. The highest BCUT2D eigenvalue weighted by Gasteiger charge is 2.09. The van der Waals surface area contributed by atoms with Crippen molar-refractivity contribution in [2.75, 3.05) is 20.6 Å². The number of aromatic nitrogens is 2. The Morgan fingerprint density at radius 3 is 2.53 bits per heavy atom. The molecule has 3 aromatic rings. The van der Waals surface area contributed by atoms with E-state index in [1.165, 1.54) is 16.8 Å². The van der Waals surface area contributed by atoms with Crippen LogP contribution in [-0.4, -0.2) is 47.1 Å². The van der Waals surface area contributed by atoms with Gasteiger partial charge in [0.05, 0.1) is 18.8 Å². The molecule has 10 heteroatoms. The van der Waals surface area contributed by atoms with E-state index in [1.807, 2.05) is 0 Å². The lowest BCUT2D eigenvalue weighted by atomic mass is 10.1. The summed E-state index contributed by atoms with van der Waals surface area (Å²) in [5.74, 6) is -2.06. The van der Waals surface area contributed by atoms with Gasteiger partial charge in [-0.05, 0) is 43.9 Å². The maximum atomic E-state index is 13.5. The van der Waals surface area contributed by atoms with Crippen molar-refractivity contribution < 1.29 is 18.4 Å². The van der Waals surface area contributed by atoms with Crippen LogP contribution in [0.25, 0.3) is 11.3 Å². The van der Waals surface area contributed by atoms with Gasteiger partial charge in [0.25, 0.3) is 5.56 Å². The van der Waals surface area contributed by atoms with Crippen molar-refractivity contribution in [1.29, 1.82) is 0 Å². The van der Waals surface area contributed by atoms with Crippen LogP contribution in [0, 0.1) is 11.6 Å². The van der Waals surface area contributed by atoms with Crippen molar-refractivity contribution in [3.05, 3.63) is 87.7 Å². The number of oxime groups is 1. The van der Waals surface area contributed by atoms with Crippen LogP contribution in [0.3, 0.4) is 0 Å². The molecule has 0 spiro atoms. The lowest BCUT2D eigenvalue weighted by Gasteiger charge is -2.09. The average Bonchev–Trinajstić information content (AvgIpc) is 2.72. The number of likely N-dealkylation sites (N-methyl/N-ethyl adjacent to an activating group) is 1. The van der Waals surface area contributed by atoms with Gasteiger partial charge < -0.3 is 10.6 Å². The number of hydrogen-bond donors (Lipinski definition) is 1. The van der Waals surface area contributed by atoms with Crippen LogP contribution < -0.4 is 11.3 Å². The summed E-state index contributed by atoms with van der Waals surface area (Å²) < 4.78 is 28.3. The van der Waals surface area contributed by atoms with Crippen LogP contribution in [0.4, 0.5) is 8.78 Å². The maximum Gasteiger partial charge on any atom is 0.348 e. The van der Waals surface area contributed by atoms with Crippen LogP contribution in [-0.2, 0) is 16.2 Å². The second-order valence-corrected chi connectivity index (χ2v) is 7.25. The molecule has 0 aliphatic carbocycles. The van der Waals surface area contributed by atoms with Crippen LogP contribution in [0.2, 0.25) is 0 Å². The summed E-state index contributed by atoms with van der Waals surface area (Å²) in [4.78, 5) is 30.3. The van der Waals surface area contributed by atoms with E-state index in [9.17, 15) is 18.4 Å². The van der Waals surface area contributed by atoms with Gasteiger partial charge in [-0.15, -0.1) is 0 Å². The molecule has 1 aromatic heterocycles. The highest BCUT2D eigenvalue weighted by molar-refractivity contribution is 5.97. The minimum Gasteiger partial charge on any atom is -0.380 e. The van der Waals surface area contributed by atoms with Gasteiger partial charge in [0.1, 0.15) is 11.6 Å². The second-order valence-electron chi connectivity index (χ2n) is 7.25. The standard InChI is InChI=1S/C22H21F2N5O3/c1-28(2)13-21(31)32-27-22(25)15-5-3-4-14(8-15)12-29-20(30)7-6-19(26-29)16-9-17(23)11-18(24)10-16/h3-11H,12-13H2,1-2H3,(H2,25,27). The van der Waals surface area contributed by atoms with Gasteiger partial charge >= 0.3 is 5.97 Å². The number of nitrogens with two attached hydrogens (primary N) is 1. The molecular formula is C22H21F2N5O3. The molecule has 0 fully saturated rings. The predicted molar refractivity (Wildman–Crippen MR) is 115 cm³/mol. The molecule has 0 bridgehead atoms. The van der Waals surface area contributed by atoms with Crippen molar-refractivity contribution in [3.63, 3.8) is 0 Å². The van der Waals surface area contributed by atoms with Crippen LogP contribution in [0.1, 0.15) is 11.1 Å². The highest BCUT2D eigenvalue weighted by atomic mass is 19.1. The van der Waals surface area contributed by atoms with E-state index in [0.717, 1.165) is 18.2 Å². The Hall–Kier alpha value is -3.92. The van der Waals surface area contributed by atoms with E-state index in [0.29, 0.717) is 11.1 Å². The molecule has 32 heavy (non-hydrogen) atoms. The number of carbonyl (C=O) groups is 1. The fraction of sp³-hybridized carbons (Fsp3) is 0.182. The van der Waals surface area contributed by atoms with Crippen LogP contribution >= 0.6 is 0 Å². The molecule has 2 N–H and O–H groups in total. The Morgan fingerprint density at radius 2 is 1.84 bits per heavy atom. The van der Waals surface area contributed by atoms with Crippen LogP contribution in [0.15, 0.2) is 64.5 Å². The van der Waals surface area contributed by atoms with Gasteiger partial charge in [-0.25, -0.2) is 18.3 Å². The summed E-state index contributed by atoms with van der Waals surface area (Å²) >= 11 is 0. The van der Waals surface area contributed by atoms with Crippen molar-refractivity contribution in [2.24, 2.45) is 10.9 Å². The van der Waals surface area contributed by atoms with Crippen molar-refractivity contribution >= 4 is 11.8 Å². The molecule has 0 atom stereocenters. The lowest BCUT2D eigenvalue weighted by molar-refractivity contribution is -0.144. The fourth-order valence-electron chi connectivity index (χ4n) is 2.86. The molecule has 0 aliphatic heterocycles. The summed E-state index contributed by atoms with van der Waals surface area (Å²) in [5, 5.41) is 7.86. The summed E-state index contributed by atoms with van der Waals surface area (Å²) in [6, 6.07) is 12.5. The first-order chi connectivity index (χ1) is 15.2. The molecule has 0 saturated carbocycles. The van der Waals surface area contributed by atoms with Gasteiger partial charge in [0, 0.05) is 23.3 Å². The largest absolute Gasteiger partial charge is 0.380 e. The van der Waals surface area contributed by atoms with Gasteiger partial charge in [0.15, 0.2) is 5.84 Å². The molecule has 3 rings (SSSR count). The number of nitrogens with zero attached hydrogens (tertiary/aromatic N) is 4. The SMILES string of the molecule is CN(C)CC(=O)ON=C(N)c1cccc(Cn2nc(-c3cc(F)cc(F)c3)ccc2=O)c1. The topological polar surface area (TPSA) is 103 Å². The van der Waals surface area contributed by atoms with Gasteiger partial charge in [0.2, 0.25) is 0 Å². The van der Waals surface area contributed by atoms with E-state index in [4.69, 9.17) is 10.6 Å². The second kappa shape index (κ2) is 9.92. The Kier molecular flexibility index (Phi) is 7.06. The zero-order chi connectivity index (χ0) is 23.3. The summed E-state index contributed by atoms with van der Waals surface area (Å²) in [6.45, 7) is 0.128. The van der Waals surface area contributed by atoms with E-state index in [2.05, 4.69) is 10.3 Å². The smallest absolute Gasteiger partial charge is 0.348 e. The summed E-state index contributed by atoms with van der Waals surface area (Å²) in [7, 11) is 3.43. The quantitative estimate of drug-likeness (QED) is 0.260. The molecule has 0 aliphatic rings. The first-order valence-electron chi connectivity index (χ1n) is 9.53. The van der Waals surface area contributed by atoms with Gasteiger partial charge in [-0.2, -0.15) is 5.10 Å². The lowest BCUT2D eigenvalue weighted by Crippen LogP contribution is -2.24. The maximum absolute atomic E-state index is 13.5. The monoisotopic (exact) mass is 441 g/mol. The predicted octanol–water partition coefficient (Wildman–Crippen LogP) is 1.96. The van der Waals surface area contributed by atoms with Crippen molar-refractivity contribution in [3.8, 4) is 11.3 Å². The molecule has 0 unspecified atom stereocenters. The minimum atomic E-state index is -0.742. The molecular weight excluding hydrogens is 420 g/mol. The number of benzene rings is 2. The molecule has 8 nitrogen and oxygen atoms in total. The summed E-state index contributed by atoms with van der Waals surface area (Å²) in [6.07, 6.45) is 0. The fourth-order valence-corrected chi connectivity index (χ4v) is 2.86. The van der Waals surface area contributed by atoms with Crippen molar-refractivity contribution in [1.82, 2.24) is 14.7 Å². The molecule has 166 valence electrons. The number of rotatable bonds is 7. The third-order valence-corrected chi connectivity index (χ3v) is 4.27. The Labute approximate surface area is 182 Å². The average molecular weight is 441 g/mol. The number of carbonyl (C=O) groups excluding carboxylic acids is 1. The number of amidine groups is 1. The number of halogens is 2. The third-order valence-electron chi connectivity index (χ3n) is 4.27. The first-order valence-corrected chi connectivity index (χ1v) is 9.53. The van der Waals surface area contributed by atoms with Gasteiger partial charge in [-0.1, -0.05) is 23.4 Å². The molecule has 2 aromatic carbocycles. The Balaban J connectivity index is 1.82. The van der Waals surface area contributed by atoms with E-state index in [1.54, 1.807) is 43.3 Å². The highest BCUT2D eigenvalue weighted by Crippen LogP contribution is 2.18. The van der Waals surface area contributed by atoms with E-state index < -0.39 is 23.2 Å². The first kappa shape index (κ1) is 22.8. The van der Waals surface area contributed by atoms with E-state index >= 15 is 0 Å². The summed E-state index contributed by atoms with van der Waals surface area (Å²) in [5.41, 5.74) is 7.11. The number of hydrogen-bond acceptors (Lipinski definition) is 6. The van der Waals surface area contributed by atoms with Gasteiger partial charge in [-0.3, -0.25) is 9.69 Å². The third kappa shape index (κ3) is 6.05. The van der Waals surface area contributed by atoms with Crippen molar-refractivity contribution in [2.45, 2.75) is 6.54 Å². The Morgan fingerprint density at radius 1 is 1.12 bits per heavy atom. The molecule has 0 amide bonds. The zero-order valence-corrected chi connectivity index (χ0v) is 17.5. The Bertz CT molecular complexity index is 1200. The van der Waals surface area contributed by atoms with E-state index in [-0.39, 0.29) is 30.2 Å².